The van der Waals surface area contributed by atoms with E-state index in [2.05, 4.69) is 37.8 Å². The summed E-state index contributed by atoms with van der Waals surface area (Å²) in [5, 5.41) is 0.802. The maximum Gasteiger partial charge on any atom is 0.0499 e. The molecular formula is C18H29ClN2. The molecule has 0 bridgehead atoms. The molecule has 0 saturated carbocycles. The fourth-order valence-electron chi connectivity index (χ4n) is 3.36. The highest BCUT2D eigenvalue weighted by Gasteiger charge is 2.30. The lowest BCUT2D eigenvalue weighted by Gasteiger charge is -2.35. The lowest BCUT2D eigenvalue weighted by Crippen LogP contribution is -2.41. The van der Waals surface area contributed by atoms with E-state index < -0.39 is 0 Å². The molecule has 1 aliphatic heterocycles. The first kappa shape index (κ1) is 16.8. The molecule has 3 heteroatoms. The molecule has 1 fully saturated rings. The van der Waals surface area contributed by atoms with Crippen molar-refractivity contribution in [3.05, 3.63) is 34.9 Å². The van der Waals surface area contributed by atoms with Crippen molar-refractivity contribution in [3.8, 4) is 0 Å². The largest absolute Gasteiger partial charge is 0.326 e. The van der Waals surface area contributed by atoms with E-state index in [1.54, 1.807) is 0 Å². The maximum atomic E-state index is 6.46. The molecule has 0 radical (unpaired) electrons. The zero-order chi connectivity index (χ0) is 15.5. The first-order chi connectivity index (χ1) is 9.93. The highest BCUT2D eigenvalue weighted by molar-refractivity contribution is 6.30. The van der Waals surface area contributed by atoms with Gasteiger partial charge in [0.2, 0.25) is 0 Å². The number of benzene rings is 1. The molecule has 2 unspecified atom stereocenters. The molecule has 0 amide bonds. The van der Waals surface area contributed by atoms with Gasteiger partial charge in [0.15, 0.2) is 0 Å². The third kappa shape index (κ3) is 4.45. The van der Waals surface area contributed by atoms with Gasteiger partial charge in [-0.2, -0.15) is 0 Å². The van der Waals surface area contributed by atoms with E-state index in [1.165, 1.54) is 24.8 Å². The van der Waals surface area contributed by atoms with Crippen molar-refractivity contribution >= 4 is 11.6 Å². The summed E-state index contributed by atoms with van der Waals surface area (Å²) in [6.45, 7) is 9.19. The number of halogens is 1. The number of hydrogen-bond donors (Lipinski definition) is 1. The number of likely N-dealkylation sites (tertiary alicyclic amines) is 1. The maximum absolute atomic E-state index is 6.46. The highest BCUT2D eigenvalue weighted by atomic mass is 35.5. The Hall–Kier alpha value is -0.570. The number of rotatable bonds is 4. The zero-order valence-electron chi connectivity index (χ0n) is 13.6. The van der Waals surface area contributed by atoms with E-state index in [-0.39, 0.29) is 12.1 Å². The Bertz CT molecular complexity index is 458. The van der Waals surface area contributed by atoms with Crippen LogP contribution in [0.2, 0.25) is 5.02 Å². The summed E-state index contributed by atoms with van der Waals surface area (Å²) in [6, 6.07) is 8.66. The molecule has 0 aliphatic carbocycles. The first-order valence-corrected chi connectivity index (χ1v) is 8.56. The van der Waals surface area contributed by atoms with Crippen LogP contribution in [0.1, 0.15) is 58.1 Å². The predicted molar refractivity (Wildman–Crippen MR) is 91.7 cm³/mol. The number of nitrogens with two attached hydrogens (primary N) is 1. The average Bonchev–Trinajstić information content (AvgIpc) is 2.60. The van der Waals surface area contributed by atoms with Crippen molar-refractivity contribution < 1.29 is 0 Å². The van der Waals surface area contributed by atoms with E-state index in [0.29, 0.717) is 5.41 Å². The highest BCUT2D eigenvalue weighted by Crippen LogP contribution is 2.34. The Labute approximate surface area is 134 Å². The van der Waals surface area contributed by atoms with Crippen molar-refractivity contribution in [1.29, 1.82) is 0 Å². The van der Waals surface area contributed by atoms with Crippen molar-refractivity contribution in [2.75, 3.05) is 13.1 Å². The van der Waals surface area contributed by atoms with Gasteiger partial charge in [0.05, 0.1) is 0 Å². The van der Waals surface area contributed by atoms with Gasteiger partial charge in [0, 0.05) is 17.1 Å². The minimum atomic E-state index is 0.157. The Kier molecular flexibility index (Phi) is 5.70. The minimum absolute atomic E-state index is 0.157. The topological polar surface area (TPSA) is 29.3 Å². The van der Waals surface area contributed by atoms with Crippen LogP contribution in [0.15, 0.2) is 24.3 Å². The number of nitrogens with zero attached hydrogens (tertiary/aromatic N) is 1. The Morgan fingerprint density at radius 2 is 2.05 bits per heavy atom. The van der Waals surface area contributed by atoms with Gasteiger partial charge in [-0.15, -0.1) is 0 Å². The molecule has 1 aromatic rings. The van der Waals surface area contributed by atoms with Crippen LogP contribution in [-0.2, 0) is 0 Å². The van der Waals surface area contributed by atoms with E-state index in [1.807, 2.05) is 12.1 Å². The molecule has 0 aromatic heterocycles. The van der Waals surface area contributed by atoms with Crippen molar-refractivity contribution in [2.45, 2.75) is 58.5 Å². The second kappa shape index (κ2) is 7.13. The van der Waals surface area contributed by atoms with Gasteiger partial charge in [-0.05, 0) is 61.9 Å². The van der Waals surface area contributed by atoms with Crippen LogP contribution in [0.5, 0.6) is 0 Å². The molecule has 1 saturated heterocycles. The summed E-state index contributed by atoms with van der Waals surface area (Å²) in [4.78, 5) is 2.58. The summed E-state index contributed by atoms with van der Waals surface area (Å²) >= 11 is 6.19. The van der Waals surface area contributed by atoms with Crippen LogP contribution in [-0.4, -0.2) is 24.0 Å². The van der Waals surface area contributed by atoms with Gasteiger partial charge in [-0.1, -0.05) is 44.5 Å². The second-order valence-corrected chi connectivity index (χ2v) is 7.56. The lowest BCUT2D eigenvalue weighted by molar-refractivity contribution is 0.168. The summed E-state index contributed by atoms with van der Waals surface area (Å²) in [5.74, 6) is 0. The van der Waals surface area contributed by atoms with Gasteiger partial charge in [-0.25, -0.2) is 0 Å². The Morgan fingerprint density at radius 3 is 2.71 bits per heavy atom. The monoisotopic (exact) mass is 308 g/mol. The molecule has 1 aliphatic rings. The number of hydrogen-bond acceptors (Lipinski definition) is 2. The van der Waals surface area contributed by atoms with Gasteiger partial charge in [0.1, 0.15) is 0 Å². The van der Waals surface area contributed by atoms with Crippen molar-refractivity contribution in [1.82, 2.24) is 4.90 Å². The predicted octanol–water partition coefficient (Wildman–Crippen LogP) is 4.63. The van der Waals surface area contributed by atoms with Gasteiger partial charge in [0.25, 0.3) is 0 Å². The molecular weight excluding hydrogens is 280 g/mol. The third-order valence-electron chi connectivity index (χ3n) is 4.84. The van der Waals surface area contributed by atoms with Crippen LogP contribution < -0.4 is 5.73 Å². The van der Waals surface area contributed by atoms with Crippen molar-refractivity contribution in [3.63, 3.8) is 0 Å². The van der Waals surface area contributed by atoms with Crippen LogP contribution in [0.3, 0.4) is 0 Å². The van der Waals surface area contributed by atoms with Crippen LogP contribution >= 0.6 is 11.6 Å². The fourth-order valence-corrected chi connectivity index (χ4v) is 3.56. The van der Waals surface area contributed by atoms with Gasteiger partial charge in [-0.3, -0.25) is 4.90 Å². The molecule has 2 nitrogen and oxygen atoms in total. The molecule has 118 valence electrons. The van der Waals surface area contributed by atoms with E-state index in [9.17, 15) is 0 Å². The van der Waals surface area contributed by atoms with Crippen LogP contribution in [0.4, 0.5) is 0 Å². The second-order valence-electron chi connectivity index (χ2n) is 7.13. The van der Waals surface area contributed by atoms with Crippen molar-refractivity contribution in [2.24, 2.45) is 11.1 Å². The molecule has 2 N–H and O–H groups in total. The Balaban J connectivity index is 2.24. The van der Waals surface area contributed by atoms with E-state index in [4.69, 9.17) is 17.3 Å². The Morgan fingerprint density at radius 1 is 1.29 bits per heavy atom. The molecule has 21 heavy (non-hydrogen) atoms. The zero-order valence-corrected chi connectivity index (χ0v) is 14.4. The normalized spacial score (nSPS) is 22.5. The lowest BCUT2D eigenvalue weighted by atomic mass is 9.85. The average molecular weight is 309 g/mol. The van der Waals surface area contributed by atoms with Gasteiger partial charge >= 0.3 is 0 Å². The molecule has 2 rings (SSSR count). The summed E-state index contributed by atoms with van der Waals surface area (Å²) in [7, 11) is 0. The van der Waals surface area contributed by atoms with Gasteiger partial charge < -0.3 is 5.73 Å². The van der Waals surface area contributed by atoms with Crippen LogP contribution in [0.25, 0.3) is 0 Å². The molecule has 2 atom stereocenters. The molecule has 0 spiro atoms. The fraction of sp³-hybridized carbons (Fsp3) is 0.667. The SMILES string of the molecule is CCC(N)C(c1cccc(Cl)c1)N1CCCC(C)(C)CC1. The summed E-state index contributed by atoms with van der Waals surface area (Å²) in [5.41, 5.74) is 8.17. The van der Waals surface area contributed by atoms with Crippen LogP contribution in [0, 0.1) is 5.41 Å². The summed E-state index contributed by atoms with van der Waals surface area (Å²) in [6.07, 6.45) is 4.77. The first-order valence-electron chi connectivity index (χ1n) is 8.18. The minimum Gasteiger partial charge on any atom is -0.326 e. The van der Waals surface area contributed by atoms with E-state index >= 15 is 0 Å². The van der Waals surface area contributed by atoms with E-state index in [0.717, 1.165) is 24.5 Å². The third-order valence-corrected chi connectivity index (χ3v) is 5.07. The smallest absolute Gasteiger partial charge is 0.0499 e. The molecule has 1 heterocycles. The summed E-state index contributed by atoms with van der Waals surface area (Å²) < 4.78 is 0. The quantitative estimate of drug-likeness (QED) is 0.878. The molecule has 1 aromatic carbocycles. The standard InChI is InChI=1S/C18H29ClN2/c1-4-16(20)17(14-7-5-8-15(19)13-14)21-11-6-9-18(2,3)10-12-21/h5,7-8,13,16-17H,4,6,9-12,20H2,1-3H3.